The van der Waals surface area contributed by atoms with Crippen LogP contribution in [0.1, 0.15) is 10.4 Å². The van der Waals surface area contributed by atoms with E-state index in [4.69, 9.17) is 16.7 Å². The van der Waals surface area contributed by atoms with Gasteiger partial charge in [-0.1, -0.05) is 11.6 Å². The molecule has 0 atom stereocenters. The van der Waals surface area contributed by atoms with E-state index >= 15 is 0 Å². The average Bonchev–Trinajstić information content (AvgIpc) is 2.85. The highest BCUT2D eigenvalue weighted by atomic mass is 35.5. The molecule has 0 fully saturated rings. The number of carboxylic acids is 1. The maximum Gasteiger partial charge on any atom is 0.338 e. The monoisotopic (exact) mass is 305 g/mol. The lowest BCUT2D eigenvalue weighted by molar-refractivity contribution is 0.0697. The Kier molecular flexibility index (Phi) is 3.20. The van der Waals surface area contributed by atoms with Gasteiger partial charge in [0.05, 0.1) is 18.0 Å². The molecule has 0 aromatic carbocycles. The van der Waals surface area contributed by atoms with Crippen LogP contribution in [0.4, 0.5) is 0 Å². The van der Waals surface area contributed by atoms with Crippen molar-refractivity contribution >= 4 is 27.6 Å². The lowest BCUT2D eigenvalue weighted by atomic mass is 10.4. The molecule has 0 aliphatic carbocycles. The number of halogens is 1. The Bertz CT molecular complexity index is 734. The highest BCUT2D eigenvalue weighted by molar-refractivity contribution is 7.92. The summed E-state index contributed by atoms with van der Waals surface area (Å²) in [6.07, 6.45) is 2.04. The molecule has 0 radical (unpaired) electrons. The molecule has 0 unspecified atom stereocenters. The lowest BCUT2D eigenvalue weighted by Crippen LogP contribution is -2.25. The molecule has 2 rings (SSSR count). The maximum absolute atomic E-state index is 12.0. The van der Waals surface area contributed by atoms with Gasteiger partial charge in [-0.15, -0.1) is 0 Å². The normalized spacial score (nSPS) is 11.5. The highest BCUT2D eigenvalue weighted by Crippen LogP contribution is 2.14. The smallest absolute Gasteiger partial charge is 0.338 e. The molecule has 0 saturated heterocycles. The molecule has 0 bridgehead atoms. The molecule has 2 aromatic heterocycles. The summed E-state index contributed by atoms with van der Waals surface area (Å²) < 4.78 is 25.0. The fourth-order valence-electron chi connectivity index (χ4n) is 1.32. The van der Waals surface area contributed by atoms with E-state index in [1.165, 1.54) is 7.05 Å². The summed E-state index contributed by atoms with van der Waals surface area (Å²) in [5.41, 5.74) is -0.147. The van der Waals surface area contributed by atoms with Crippen LogP contribution >= 0.6 is 11.6 Å². The number of carboxylic acid groups (broad SMARTS) is 1. The summed E-state index contributed by atoms with van der Waals surface area (Å²) in [7, 11) is -2.55. The Balaban J connectivity index is 2.31. The van der Waals surface area contributed by atoms with Crippen molar-refractivity contribution in [3.05, 3.63) is 29.2 Å². The van der Waals surface area contributed by atoms with Gasteiger partial charge in [0.25, 0.3) is 10.0 Å². The minimum absolute atomic E-state index is 0.0227. The number of aryl methyl sites for hydroxylation is 1. The summed E-state index contributed by atoms with van der Waals surface area (Å²) in [5.74, 6) is -1.21. The quantitative estimate of drug-likeness (QED) is 0.814. The minimum Gasteiger partial charge on any atom is -0.478 e. The Morgan fingerprint density at radius 2 is 2.21 bits per heavy atom. The predicted molar refractivity (Wildman–Crippen MR) is 64.0 cm³/mol. The molecule has 2 N–H and O–H groups in total. The van der Waals surface area contributed by atoms with Crippen molar-refractivity contribution < 1.29 is 18.3 Å². The zero-order valence-corrected chi connectivity index (χ0v) is 11.1. The molecule has 2 heterocycles. The summed E-state index contributed by atoms with van der Waals surface area (Å²) >= 11 is 5.60. The van der Waals surface area contributed by atoms with Crippen LogP contribution in [0.2, 0.25) is 5.15 Å². The molecule has 2 aromatic rings. The number of aromatic nitrogens is 4. The zero-order valence-electron chi connectivity index (χ0n) is 9.48. The van der Waals surface area contributed by atoms with E-state index in [2.05, 4.69) is 15.0 Å². The van der Waals surface area contributed by atoms with E-state index in [1.807, 2.05) is 0 Å². The Morgan fingerprint density at radius 3 is 2.68 bits per heavy atom. The van der Waals surface area contributed by atoms with Crippen molar-refractivity contribution in [2.24, 2.45) is 7.05 Å². The SMILES string of the molecule is Cn1nc(Cl)cc1S(=O)(=O)Nn1cc(C(=O)O)cn1. The first-order valence-corrected chi connectivity index (χ1v) is 6.66. The second-order valence-corrected chi connectivity index (χ2v) is 5.50. The Morgan fingerprint density at radius 1 is 1.53 bits per heavy atom. The fourth-order valence-corrected chi connectivity index (χ4v) is 2.70. The van der Waals surface area contributed by atoms with Crippen LogP contribution in [-0.4, -0.2) is 39.2 Å². The van der Waals surface area contributed by atoms with Crippen molar-refractivity contribution in [1.82, 2.24) is 19.7 Å². The van der Waals surface area contributed by atoms with Gasteiger partial charge in [-0.25, -0.2) is 4.79 Å². The van der Waals surface area contributed by atoms with Crippen molar-refractivity contribution in [3.63, 3.8) is 0 Å². The van der Waals surface area contributed by atoms with Gasteiger partial charge in [0.2, 0.25) is 0 Å². The van der Waals surface area contributed by atoms with Gasteiger partial charge in [-0.3, -0.25) is 4.68 Å². The lowest BCUT2D eigenvalue weighted by Gasteiger charge is -2.06. The molecule has 0 amide bonds. The first-order chi connectivity index (χ1) is 8.79. The molecule has 9 nitrogen and oxygen atoms in total. The van der Waals surface area contributed by atoms with Crippen LogP contribution in [0.3, 0.4) is 0 Å². The summed E-state index contributed by atoms with van der Waals surface area (Å²) in [6.45, 7) is 0. The van der Waals surface area contributed by atoms with Crippen molar-refractivity contribution in [3.8, 4) is 0 Å². The largest absolute Gasteiger partial charge is 0.478 e. The van der Waals surface area contributed by atoms with Gasteiger partial charge in [0.1, 0.15) is 0 Å². The molecule has 102 valence electrons. The highest BCUT2D eigenvalue weighted by Gasteiger charge is 2.21. The number of hydrogen-bond donors (Lipinski definition) is 2. The third-order valence-corrected chi connectivity index (χ3v) is 3.67. The molecular formula is C8H8ClN5O4S. The van der Waals surface area contributed by atoms with Crippen LogP contribution < -0.4 is 4.83 Å². The first-order valence-electron chi connectivity index (χ1n) is 4.80. The number of carbonyl (C=O) groups is 1. The first kappa shape index (κ1) is 13.4. The van der Waals surface area contributed by atoms with E-state index in [0.29, 0.717) is 0 Å². The topological polar surface area (TPSA) is 119 Å². The molecular weight excluding hydrogens is 298 g/mol. The number of sulfonamides is 1. The van der Waals surface area contributed by atoms with Gasteiger partial charge in [-0.05, 0) is 0 Å². The van der Waals surface area contributed by atoms with Gasteiger partial charge in [0.15, 0.2) is 10.2 Å². The number of nitrogens with one attached hydrogen (secondary N) is 1. The number of rotatable bonds is 4. The third kappa shape index (κ3) is 2.69. The van der Waals surface area contributed by atoms with Crippen LogP contribution in [0.25, 0.3) is 0 Å². The standard InChI is InChI=1S/C8H8ClN5O4S/c1-13-7(2-6(9)11-13)19(17,18)12-14-4-5(3-10-14)8(15)16/h2-4,12H,1H3,(H,15,16). The van der Waals surface area contributed by atoms with Gasteiger partial charge in [0, 0.05) is 13.1 Å². The van der Waals surface area contributed by atoms with Crippen molar-refractivity contribution in [1.29, 1.82) is 0 Å². The van der Waals surface area contributed by atoms with Crippen LogP contribution in [0.5, 0.6) is 0 Å². The number of nitrogens with zero attached hydrogens (tertiary/aromatic N) is 4. The number of hydrogen-bond acceptors (Lipinski definition) is 5. The molecule has 11 heteroatoms. The average molecular weight is 306 g/mol. The van der Waals surface area contributed by atoms with Crippen molar-refractivity contribution in [2.45, 2.75) is 5.03 Å². The summed E-state index contributed by atoms with van der Waals surface area (Å²) in [5, 5.41) is 15.8. The zero-order chi connectivity index (χ0) is 14.2. The third-order valence-electron chi connectivity index (χ3n) is 2.13. The van der Waals surface area contributed by atoms with E-state index in [-0.39, 0.29) is 15.7 Å². The van der Waals surface area contributed by atoms with Gasteiger partial charge >= 0.3 is 5.97 Å². The number of aromatic carboxylic acids is 1. The van der Waals surface area contributed by atoms with Gasteiger partial charge in [-0.2, -0.15) is 28.2 Å². The fraction of sp³-hybridized carbons (Fsp3) is 0.125. The summed E-state index contributed by atoms with van der Waals surface area (Å²) in [6, 6.07) is 1.16. The predicted octanol–water partition coefficient (Wildman–Crippen LogP) is -0.0994. The molecule has 0 saturated carbocycles. The summed E-state index contributed by atoms with van der Waals surface area (Å²) in [4.78, 5) is 13.5. The molecule has 0 aliphatic rings. The maximum atomic E-state index is 12.0. The van der Waals surface area contributed by atoms with E-state index in [0.717, 1.165) is 27.9 Å². The van der Waals surface area contributed by atoms with E-state index in [1.54, 1.807) is 0 Å². The van der Waals surface area contributed by atoms with Crippen LogP contribution in [0, 0.1) is 0 Å². The van der Waals surface area contributed by atoms with E-state index in [9.17, 15) is 13.2 Å². The molecule has 0 spiro atoms. The minimum atomic E-state index is -3.96. The second kappa shape index (κ2) is 4.55. The Labute approximate surface area is 112 Å². The van der Waals surface area contributed by atoms with Crippen molar-refractivity contribution in [2.75, 3.05) is 4.83 Å². The second-order valence-electron chi connectivity index (χ2n) is 3.50. The van der Waals surface area contributed by atoms with Gasteiger partial charge < -0.3 is 5.11 Å². The Hall–Kier alpha value is -2.07. The molecule has 19 heavy (non-hydrogen) atoms. The molecule has 0 aliphatic heterocycles. The van der Waals surface area contributed by atoms with Crippen LogP contribution in [0.15, 0.2) is 23.5 Å². The van der Waals surface area contributed by atoms with Crippen LogP contribution in [-0.2, 0) is 17.1 Å². The van der Waals surface area contributed by atoms with E-state index < -0.39 is 16.0 Å².